The highest BCUT2D eigenvalue weighted by Gasteiger charge is 2.36. The Morgan fingerprint density at radius 2 is 2.27 bits per heavy atom. The number of nitriles is 1. The molecule has 1 N–H and O–H groups in total. The predicted molar refractivity (Wildman–Crippen MR) is 88.5 cm³/mol. The number of hydrogen-bond acceptors (Lipinski definition) is 5. The summed E-state index contributed by atoms with van der Waals surface area (Å²) in [6.07, 6.45) is 3.68. The highest BCUT2D eigenvalue weighted by molar-refractivity contribution is 8.13. The van der Waals surface area contributed by atoms with E-state index >= 15 is 0 Å². The van der Waals surface area contributed by atoms with Gasteiger partial charge in [0.1, 0.15) is 12.4 Å². The van der Waals surface area contributed by atoms with Gasteiger partial charge in [0.25, 0.3) is 0 Å². The van der Waals surface area contributed by atoms with Crippen molar-refractivity contribution in [2.24, 2.45) is 10.4 Å². The Morgan fingerprint density at radius 1 is 1.55 bits per heavy atom. The number of aliphatic imine (C=N–C) groups is 1. The van der Waals surface area contributed by atoms with Crippen molar-refractivity contribution in [3.8, 4) is 11.9 Å². The molecular formula is C15H18N4O2S. The van der Waals surface area contributed by atoms with Crippen LogP contribution in [0.1, 0.15) is 13.8 Å². The molecule has 0 atom stereocenters. The van der Waals surface area contributed by atoms with E-state index in [1.165, 1.54) is 11.8 Å². The molecule has 116 valence electrons. The number of nitrogens with zero attached hydrogens (tertiary/aromatic N) is 3. The van der Waals surface area contributed by atoms with Crippen LogP contribution in [0.3, 0.4) is 0 Å². The third-order valence-electron chi connectivity index (χ3n) is 3.36. The van der Waals surface area contributed by atoms with Gasteiger partial charge in [0.2, 0.25) is 5.91 Å². The summed E-state index contributed by atoms with van der Waals surface area (Å²) in [6.45, 7) is 4.03. The Kier molecular flexibility index (Phi) is 4.62. The lowest BCUT2D eigenvalue weighted by Crippen LogP contribution is -2.39. The van der Waals surface area contributed by atoms with Crippen LogP contribution in [0.4, 0.5) is 11.4 Å². The van der Waals surface area contributed by atoms with Gasteiger partial charge in [0, 0.05) is 13.1 Å². The Hall–Kier alpha value is -2.20. The van der Waals surface area contributed by atoms with Crippen molar-refractivity contribution < 1.29 is 9.53 Å². The third kappa shape index (κ3) is 3.17. The molecule has 1 aliphatic rings. The smallest absolute Gasteiger partial charge is 0.235 e. The number of ether oxygens (including phenoxy) is 1. The Balaban J connectivity index is 2.39. The largest absolute Gasteiger partial charge is 0.490 e. The van der Waals surface area contributed by atoms with Crippen LogP contribution in [0.15, 0.2) is 23.2 Å². The van der Waals surface area contributed by atoms with Gasteiger partial charge in [-0.1, -0.05) is 11.8 Å². The number of amides is 1. The molecule has 1 aliphatic heterocycles. The monoisotopic (exact) mass is 318 g/mol. The number of anilines is 1. The van der Waals surface area contributed by atoms with Crippen molar-refractivity contribution in [3.05, 3.63) is 18.2 Å². The van der Waals surface area contributed by atoms with E-state index < -0.39 is 5.41 Å². The molecule has 1 aromatic carbocycles. The van der Waals surface area contributed by atoms with Crippen molar-refractivity contribution in [2.45, 2.75) is 13.8 Å². The lowest BCUT2D eigenvalue weighted by atomic mass is 9.93. The zero-order valence-corrected chi connectivity index (χ0v) is 13.8. The standard InChI is InChI=1S/C15H18N4O2S/c1-15(2)8-21-12-7-10(18-14(22-4)17-9-16)5-6-11(12)19(3)13(15)20/h5-7H,8H2,1-4H3,(H,17,18). The highest BCUT2D eigenvalue weighted by atomic mass is 32.2. The molecule has 6 nitrogen and oxygen atoms in total. The number of thioether (sulfide) groups is 1. The Morgan fingerprint density at radius 3 is 2.91 bits per heavy atom. The van der Waals surface area contributed by atoms with Gasteiger partial charge in [0.05, 0.1) is 16.8 Å². The van der Waals surface area contributed by atoms with Gasteiger partial charge >= 0.3 is 0 Å². The van der Waals surface area contributed by atoms with Gasteiger partial charge in [-0.15, -0.1) is 0 Å². The summed E-state index contributed by atoms with van der Waals surface area (Å²) in [5.74, 6) is 0.624. The van der Waals surface area contributed by atoms with Crippen LogP contribution in [-0.4, -0.2) is 31.0 Å². The fourth-order valence-corrected chi connectivity index (χ4v) is 2.48. The summed E-state index contributed by atoms with van der Waals surface area (Å²) in [5, 5.41) is 11.7. The second-order valence-corrected chi connectivity index (χ2v) is 6.34. The molecule has 0 radical (unpaired) electrons. The van der Waals surface area contributed by atoms with Crippen LogP contribution in [0.25, 0.3) is 0 Å². The van der Waals surface area contributed by atoms with Gasteiger partial charge in [-0.25, -0.2) is 4.99 Å². The summed E-state index contributed by atoms with van der Waals surface area (Å²) in [7, 11) is 1.74. The minimum absolute atomic E-state index is 0.0125. The maximum absolute atomic E-state index is 12.4. The average molecular weight is 318 g/mol. The van der Waals surface area contributed by atoms with Gasteiger partial charge in [-0.3, -0.25) is 10.1 Å². The van der Waals surface area contributed by atoms with E-state index in [0.29, 0.717) is 28.9 Å². The van der Waals surface area contributed by atoms with Gasteiger partial charge in [-0.05, 0) is 32.2 Å². The van der Waals surface area contributed by atoms with Crippen LogP contribution in [-0.2, 0) is 4.79 Å². The molecular weight excluding hydrogens is 300 g/mol. The molecule has 7 heteroatoms. The number of rotatable bonds is 1. The van der Waals surface area contributed by atoms with Crippen molar-refractivity contribution in [1.29, 1.82) is 5.26 Å². The molecule has 2 rings (SSSR count). The van der Waals surface area contributed by atoms with Crippen molar-refractivity contribution in [2.75, 3.05) is 24.8 Å². The molecule has 0 aliphatic carbocycles. The first-order chi connectivity index (χ1) is 10.4. The summed E-state index contributed by atoms with van der Waals surface area (Å²) in [4.78, 5) is 18.4. The van der Waals surface area contributed by atoms with E-state index in [1.54, 1.807) is 30.1 Å². The minimum Gasteiger partial charge on any atom is -0.490 e. The predicted octanol–water partition coefficient (Wildman–Crippen LogP) is 2.49. The maximum Gasteiger partial charge on any atom is 0.235 e. The van der Waals surface area contributed by atoms with E-state index in [0.717, 1.165) is 0 Å². The number of benzene rings is 1. The number of carbonyl (C=O) groups is 1. The molecule has 0 bridgehead atoms. The second kappa shape index (κ2) is 6.28. The Labute approximate surface area is 134 Å². The van der Waals surface area contributed by atoms with E-state index in [2.05, 4.69) is 10.3 Å². The average Bonchev–Trinajstić information content (AvgIpc) is 2.58. The lowest BCUT2D eigenvalue weighted by molar-refractivity contribution is -0.127. The van der Waals surface area contributed by atoms with Crippen molar-refractivity contribution in [3.63, 3.8) is 0 Å². The number of fused-ring (bicyclic) bond motifs is 1. The molecule has 0 spiro atoms. The lowest BCUT2D eigenvalue weighted by Gasteiger charge is -2.24. The van der Waals surface area contributed by atoms with Gasteiger partial charge in [0.15, 0.2) is 11.4 Å². The minimum atomic E-state index is -0.579. The van der Waals surface area contributed by atoms with E-state index in [4.69, 9.17) is 10.00 Å². The summed E-state index contributed by atoms with van der Waals surface area (Å²) < 4.78 is 5.80. The van der Waals surface area contributed by atoms with Crippen molar-refractivity contribution >= 4 is 34.2 Å². The van der Waals surface area contributed by atoms with E-state index in [9.17, 15) is 4.79 Å². The zero-order valence-electron chi connectivity index (χ0n) is 13.0. The maximum atomic E-state index is 12.4. The molecule has 0 unspecified atom stereocenters. The number of amidine groups is 1. The molecule has 1 aromatic rings. The molecule has 1 amide bonds. The molecule has 0 aromatic heterocycles. The highest BCUT2D eigenvalue weighted by Crippen LogP contribution is 2.38. The first kappa shape index (κ1) is 16.2. The zero-order chi connectivity index (χ0) is 16.3. The SMILES string of the molecule is CSC(=Nc1ccc2c(c1)OCC(C)(C)C(=O)N2C)NC#N. The topological polar surface area (TPSA) is 77.7 Å². The first-order valence-electron chi connectivity index (χ1n) is 6.72. The van der Waals surface area contributed by atoms with Crippen LogP contribution in [0, 0.1) is 16.9 Å². The summed E-state index contributed by atoms with van der Waals surface area (Å²) in [6, 6.07) is 5.37. The molecule has 0 fully saturated rings. The number of hydrogen-bond donors (Lipinski definition) is 1. The van der Waals surface area contributed by atoms with Crippen LogP contribution >= 0.6 is 11.8 Å². The third-order valence-corrected chi connectivity index (χ3v) is 3.94. The van der Waals surface area contributed by atoms with Crippen LogP contribution < -0.4 is 15.0 Å². The van der Waals surface area contributed by atoms with Crippen molar-refractivity contribution in [1.82, 2.24) is 5.32 Å². The van der Waals surface area contributed by atoms with Gasteiger partial charge in [-0.2, -0.15) is 5.26 Å². The van der Waals surface area contributed by atoms with Crippen LogP contribution in [0.2, 0.25) is 0 Å². The van der Waals surface area contributed by atoms with E-state index in [-0.39, 0.29) is 5.91 Å². The molecule has 0 saturated carbocycles. The number of nitrogens with one attached hydrogen (secondary N) is 1. The molecule has 22 heavy (non-hydrogen) atoms. The fraction of sp³-hybridized carbons (Fsp3) is 0.400. The van der Waals surface area contributed by atoms with E-state index in [1.807, 2.05) is 26.3 Å². The fourth-order valence-electron chi connectivity index (χ4n) is 2.14. The van der Waals surface area contributed by atoms with Gasteiger partial charge < -0.3 is 9.64 Å². The second-order valence-electron chi connectivity index (χ2n) is 5.55. The first-order valence-corrected chi connectivity index (χ1v) is 7.94. The Bertz CT molecular complexity index is 664. The van der Waals surface area contributed by atoms with Crippen LogP contribution in [0.5, 0.6) is 5.75 Å². The quantitative estimate of drug-likeness (QED) is 0.372. The number of carbonyl (C=O) groups excluding carboxylic acids is 1. The molecule has 1 heterocycles. The normalized spacial score (nSPS) is 17.1. The molecule has 0 saturated heterocycles. The summed E-state index contributed by atoms with van der Waals surface area (Å²) >= 11 is 1.34. The summed E-state index contributed by atoms with van der Waals surface area (Å²) in [5.41, 5.74) is 0.796.